The molecular weight excluding hydrogens is 236 g/mol. The van der Waals surface area contributed by atoms with E-state index in [1.807, 2.05) is 6.07 Å². The lowest BCUT2D eigenvalue weighted by atomic mass is 9.93. The van der Waals surface area contributed by atoms with E-state index in [0.29, 0.717) is 17.4 Å². The molecule has 0 aliphatic carbocycles. The van der Waals surface area contributed by atoms with E-state index in [-0.39, 0.29) is 23.1 Å². The lowest BCUT2D eigenvalue weighted by Gasteiger charge is -2.12. The van der Waals surface area contributed by atoms with E-state index >= 15 is 0 Å². The number of carboxylic acids is 1. The second-order valence-electron chi connectivity index (χ2n) is 5.49. The first-order valence-corrected chi connectivity index (χ1v) is 6.25. The number of rotatable bonds is 5. The minimum atomic E-state index is -0.822. The maximum absolute atomic E-state index is 11.1. The van der Waals surface area contributed by atoms with Crippen LogP contribution in [0.1, 0.15) is 49.2 Å². The molecule has 0 saturated heterocycles. The highest BCUT2D eigenvalue weighted by molar-refractivity contribution is 5.89. The van der Waals surface area contributed by atoms with Gasteiger partial charge >= 0.3 is 5.97 Å². The van der Waals surface area contributed by atoms with Crippen LogP contribution < -0.4 is 0 Å². The first-order chi connectivity index (χ1) is 7.90. The molecule has 2 radical (unpaired) electrons. The van der Waals surface area contributed by atoms with Crippen LogP contribution in [0.25, 0.3) is 0 Å². The molecule has 0 atom stereocenters. The topological polar surface area (TPSA) is 37.3 Å². The fourth-order valence-electron chi connectivity index (χ4n) is 2.06. The number of hydrogen-bond acceptors (Lipinski definition) is 1. The van der Waals surface area contributed by atoms with Gasteiger partial charge in [0.1, 0.15) is 0 Å². The van der Waals surface area contributed by atoms with Gasteiger partial charge in [-0.05, 0) is 41.9 Å². The van der Waals surface area contributed by atoms with Crippen LogP contribution in [0.15, 0.2) is 18.2 Å². The molecule has 0 unspecified atom stereocenters. The predicted octanol–water partition coefficient (Wildman–Crippen LogP) is 3.40. The van der Waals surface area contributed by atoms with Crippen LogP contribution in [0.5, 0.6) is 0 Å². The third-order valence-electron chi connectivity index (χ3n) is 2.67. The van der Waals surface area contributed by atoms with Crippen molar-refractivity contribution in [3.8, 4) is 0 Å². The Labute approximate surface area is 126 Å². The maximum atomic E-state index is 11.1. The summed E-state index contributed by atoms with van der Waals surface area (Å²) in [5, 5.41) is 9.15. The first-order valence-electron chi connectivity index (χ1n) is 6.25. The van der Waals surface area contributed by atoms with Gasteiger partial charge in [0.25, 0.3) is 0 Å². The molecule has 2 nitrogen and oxygen atoms in total. The molecule has 0 saturated carbocycles. The van der Waals surface area contributed by atoms with Crippen molar-refractivity contribution in [2.75, 3.05) is 0 Å². The average Bonchev–Trinajstić information content (AvgIpc) is 2.15. The van der Waals surface area contributed by atoms with Crippen LogP contribution >= 0.6 is 0 Å². The molecule has 96 valence electrons. The van der Waals surface area contributed by atoms with E-state index in [4.69, 9.17) is 5.11 Å². The van der Waals surface area contributed by atoms with E-state index in [2.05, 4.69) is 33.8 Å². The summed E-state index contributed by atoms with van der Waals surface area (Å²) in [6.07, 6.45) is 1.83. The first kappa shape index (κ1) is 17.5. The van der Waals surface area contributed by atoms with E-state index in [1.54, 1.807) is 6.07 Å². The van der Waals surface area contributed by atoms with Gasteiger partial charge in [-0.15, -0.1) is 0 Å². The molecule has 0 fully saturated rings. The van der Waals surface area contributed by atoms with Crippen molar-refractivity contribution in [1.29, 1.82) is 0 Å². The van der Waals surface area contributed by atoms with Crippen molar-refractivity contribution in [3.05, 3.63) is 34.9 Å². The van der Waals surface area contributed by atoms with Gasteiger partial charge in [-0.25, -0.2) is 4.79 Å². The van der Waals surface area contributed by atoms with E-state index in [9.17, 15) is 4.79 Å². The zero-order valence-electron chi connectivity index (χ0n) is 11.9. The average molecular weight is 259 g/mol. The second-order valence-corrected chi connectivity index (χ2v) is 5.49. The number of carbonyl (C=O) groups is 1. The normalized spacial score (nSPS) is 10.6. The Morgan fingerprint density at radius 2 is 1.67 bits per heavy atom. The van der Waals surface area contributed by atoms with Gasteiger partial charge in [-0.1, -0.05) is 39.8 Å². The van der Waals surface area contributed by atoms with E-state index < -0.39 is 5.97 Å². The van der Waals surface area contributed by atoms with Gasteiger partial charge in [0.05, 0.1) is 5.56 Å². The Hall–Kier alpha value is -0.544. The fourth-order valence-corrected chi connectivity index (χ4v) is 2.06. The van der Waals surface area contributed by atoms with Gasteiger partial charge in [0, 0.05) is 23.1 Å². The third-order valence-corrected chi connectivity index (χ3v) is 2.67. The quantitative estimate of drug-likeness (QED) is 0.822. The van der Waals surface area contributed by atoms with Crippen molar-refractivity contribution >= 4 is 29.0 Å². The molecule has 1 aromatic carbocycles. The lowest BCUT2D eigenvalue weighted by molar-refractivity contribution is 0.0695. The third kappa shape index (κ3) is 5.40. The maximum Gasteiger partial charge on any atom is 0.335 e. The number of benzene rings is 1. The molecule has 0 amide bonds. The minimum absolute atomic E-state index is 0. The van der Waals surface area contributed by atoms with Crippen molar-refractivity contribution < 1.29 is 9.90 Å². The Balaban J connectivity index is 0.00000289. The second kappa shape index (κ2) is 7.80. The molecule has 0 heterocycles. The molecule has 1 rings (SSSR count). The Morgan fingerprint density at radius 3 is 2.11 bits per heavy atom. The molecule has 18 heavy (non-hydrogen) atoms. The van der Waals surface area contributed by atoms with Crippen molar-refractivity contribution in [2.45, 2.75) is 40.5 Å². The van der Waals surface area contributed by atoms with Crippen molar-refractivity contribution in [1.82, 2.24) is 0 Å². The van der Waals surface area contributed by atoms with Gasteiger partial charge in [-0.3, -0.25) is 0 Å². The summed E-state index contributed by atoms with van der Waals surface area (Å²) in [6.45, 7) is 8.57. The summed E-state index contributed by atoms with van der Waals surface area (Å²) in [4.78, 5) is 11.1. The zero-order valence-corrected chi connectivity index (χ0v) is 13.3. The Bertz CT molecular complexity index is 397. The highest BCUT2D eigenvalue weighted by atomic mass is 24.3. The lowest BCUT2D eigenvalue weighted by Crippen LogP contribution is -2.07. The number of aromatic carboxylic acids is 1. The SMILES string of the molecule is CC(C)Cc1ccc(C(=O)O)c(CC(C)C)c1.[Mg]. The summed E-state index contributed by atoms with van der Waals surface area (Å²) in [7, 11) is 0. The minimum Gasteiger partial charge on any atom is -0.478 e. The molecule has 1 aromatic rings. The van der Waals surface area contributed by atoms with Crippen LogP contribution in [-0.2, 0) is 12.8 Å². The highest BCUT2D eigenvalue weighted by Gasteiger charge is 2.12. The van der Waals surface area contributed by atoms with Crippen molar-refractivity contribution in [2.24, 2.45) is 11.8 Å². The summed E-state index contributed by atoms with van der Waals surface area (Å²) in [6, 6.07) is 5.74. The summed E-state index contributed by atoms with van der Waals surface area (Å²) >= 11 is 0. The van der Waals surface area contributed by atoms with Gasteiger partial charge < -0.3 is 5.11 Å². The standard InChI is InChI=1S/C15H22O2.Mg/c1-10(2)7-12-5-6-14(15(16)17)13(9-12)8-11(3)4;/h5-6,9-11H,7-8H2,1-4H3,(H,16,17);. The van der Waals surface area contributed by atoms with Crippen LogP contribution in [0, 0.1) is 11.8 Å². The van der Waals surface area contributed by atoms with Crippen molar-refractivity contribution in [3.63, 3.8) is 0 Å². The molecule has 3 heteroatoms. The summed E-state index contributed by atoms with van der Waals surface area (Å²) in [5.41, 5.74) is 2.65. The molecule has 1 N–H and O–H groups in total. The van der Waals surface area contributed by atoms with Gasteiger partial charge in [-0.2, -0.15) is 0 Å². The monoisotopic (exact) mass is 258 g/mol. The predicted molar refractivity (Wildman–Crippen MR) is 76.2 cm³/mol. The van der Waals surface area contributed by atoms with Crippen LogP contribution in [0.4, 0.5) is 0 Å². The zero-order chi connectivity index (χ0) is 13.0. The Kier molecular flexibility index (Phi) is 7.56. The fraction of sp³-hybridized carbons (Fsp3) is 0.533. The number of carboxylic acid groups (broad SMARTS) is 1. The number of hydrogen-bond donors (Lipinski definition) is 1. The van der Waals surface area contributed by atoms with Crippen LogP contribution in [0.2, 0.25) is 0 Å². The largest absolute Gasteiger partial charge is 0.478 e. The molecule has 0 aromatic heterocycles. The van der Waals surface area contributed by atoms with Crippen LogP contribution in [-0.4, -0.2) is 34.1 Å². The van der Waals surface area contributed by atoms with E-state index in [0.717, 1.165) is 18.4 Å². The molecule has 0 bridgehead atoms. The smallest absolute Gasteiger partial charge is 0.335 e. The van der Waals surface area contributed by atoms with Gasteiger partial charge in [0.2, 0.25) is 0 Å². The molecule has 0 aliphatic rings. The van der Waals surface area contributed by atoms with Gasteiger partial charge in [0.15, 0.2) is 0 Å². The molecular formula is C15H22MgO2. The van der Waals surface area contributed by atoms with Crippen LogP contribution in [0.3, 0.4) is 0 Å². The summed E-state index contributed by atoms with van der Waals surface area (Å²) in [5.74, 6) is 0.247. The molecule has 0 aliphatic heterocycles. The highest BCUT2D eigenvalue weighted by Crippen LogP contribution is 2.18. The Morgan fingerprint density at radius 1 is 1.11 bits per heavy atom. The van der Waals surface area contributed by atoms with E-state index in [1.165, 1.54) is 5.56 Å². The molecule has 0 spiro atoms. The summed E-state index contributed by atoms with van der Waals surface area (Å²) < 4.78 is 0.